The standard InChI is InChI=1S/C37H34O5S/c1-3-41-33-21-13-29(14-22-33)25-27-9-17-31(18-10-27)37(35-7-5-6-8-36(35)43(38,39)40)32-19-11-28(12-20-32)26-30-15-23-34(24-16-30)42-4-2/h5-25H,3-4,26H2,1-2H3,(H,38,39,40). The van der Waals surface area contributed by atoms with E-state index < -0.39 is 10.1 Å². The van der Waals surface area contributed by atoms with Crippen LogP contribution in [0.4, 0.5) is 0 Å². The average Bonchev–Trinajstić information content (AvgIpc) is 3.01. The topological polar surface area (TPSA) is 72.8 Å². The molecule has 0 radical (unpaired) electrons. The van der Waals surface area contributed by atoms with Gasteiger partial charge in [0.1, 0.15) is 16.4 Å². The first-order valence-corrected chi connectivity index (χ1v) is 15.7. The first-order valence-electron chi connectivity index (χ1n) is 14.3. The molecule has 5 aromatic rings. The summed E-state index contributed by atoms with van der Waals surface area (Å²) in [6.45, 7) is 5.17. The summed E-state index contributed by atoms with van der Waals surface area (Å²) >= 11 is 0. The maximum atomic E-state index is 12.4. The smallest absolute Gasteiger partial charge is 0.295 e. The highest BCUT2D eigenvalue weighted by molar-refractivity contribution is 7.86. The van der Waals surface area contributed by atoms with Crippen molar-refractivity contribution in [1.29, 1.82) is 0 Å². The molecule has 0 spiro atoms. The van der Waals surface area contributed by atoms with E-state index in [1.54, 1.807) is 18.2 Å². The minimum atomic E-state index is -4.46. The lowest BCUT2D eigenvalue weighted by atomic mass is 9.93. The van der Waals surface area contributed by atoms with Gasteiger partial charge in [-0.25, -0.2) is 0 Å². The fourth-order valence-corrected chi connectivity index (χ4v) is 5.73. The minimum Gasteiger partial charge on any atom is -0.494 e. The van der Waals surface area contributed by atoms with Gasteiger partial charge in [-0.05, 0) is 94.9 Å². The van der Waals surface area contributed by atoms with E-state index in [1.807, 2.05) is 86.6 Å². The number of hydrogen-bond acceptors (Lipinski definition) is 4. The summed E-state index contributed by atoms with van der Waals surface area (Å²) in [6, 6.07) is 38.6. The summed E-state index contributed by atoms with van der Waals surface area (Å²) in [5, 5.41) is 1.83. The Balaban J connectivity index is 1.55. The van der Waals surface area contributed by atoms with Gasteiger partial charge in [0.25, 0.3) is 10.1 Å². The summed E-state index contributed by atoms with van der Waals surface area (Å²) in [7, 11) is -4.46. The van der Waals surface area contributed by atoms with E-state index in [2.05, 4.69) is 30.3 Å². The molecule has 5 aromatic carbocycles. The second-order valence-corrected chi connectivity index (χ2v) is 11.5. The van der Waals surface area contributed by atoms with Crippen LogP contribution in [0.1, 0.15) is 41.7 Å². The molecule has 0 saturated heterocycles. The molecule has 1 N–H and O–H groups in total. The lowest BCUT2D eigenvalue weighted by Crippen LogP contribution is -2.14. The zero-order valence-electron chi connectivity index (χ0n) is 24.2. The van der Waals surface area contributed by atoms with Crippen LogP contribution in [-0.2, 0) is 16.5 Å². The van der Waals surface area contributed by atoms with Crippen molar-refractivity contribution in [3.8, 4) is 11.5 Å². The van der Waals surface area contributed by atoms with Gasteiger partial charge in [-0.15, -0.1) is 0 Å². The molecule has 0 bridgehead atoms. The molecular weight excluding hydrogens is 556 g/mol. The average molecular weight is 591 g/mol. The number of benzene rings is 5. The number of ether oxygens (including phenoxy) is 2. The quantitative estimate of drug-likeness (QED) is 0.191. The van der Waals surface area contributed by atoms with Gasteiger partial charge in [0.15, 0.2) is 0 Å². The fourth-order valence-electron chi connectivity index (χ4n) is 5.04. The van der Waals surface area contributed by atoms with Gasteiger partial charge in [0.2, 0.25) is 0 Å². The molecule has 0 unspecified atom stereocenters. The van der Waals surface area contributed by atoms with E-state index in [0.29, 0.717) is 24.4 Å². The van der Waals surface area contributed by atoms with E-state index in [0.717, 1.165) is 50.6 Å². The molecule has 218 valence electrons. The second-order valence-electron chi connectivity index (χ2n) is 10.1. The van der Waals surface area contributed by atoms with Gasteiger partial charge in [-0.3, -0.25) is 4.55 Å². The Morgan fingerprint density at radius 2 is 1.21 bits per heavy atom. The summed E-state index contributed by atoms with van der Waals surface area (Å²) in [6.07, 6.45) is 2.82. The Hall–Kier alpha value is -4.65. The summed E-state index contributed by atoms with van der Waals surface area (Å²) in [5.74, 6) is 1.68. The van der Waals surface area contributed by atoms with Crippen molar-refractivity contribution in [2.75, 3.05) is 13.2 Å². The van der Waals surface area contributed by atoms with Gasteiger partial charge in [-0.1, -0.05) is 91.0 Å². The molecule has 0 atom stereocenters. The number of rotatable bonds is 10. The SMILES string of the molecule is CCOc1ccc(C=c2ccc(=C(c3ccc(Cc4ccc(OCC)cc4)cc3)c3ccccc3S(=O)(=O)O)cc2)cc1. The second kappa shape index (κ2) is 13.6. The molecule has 0 saturated carbocycles. The number of hydrogen-bond donors (Lipinski definition) is 1. The normalized spacial score (nSPS) is 11.1. The zero-order chi connectivity index (χ0) is 30.2. The van der Waals surface area contributed by atoms with Crippen LogP contribution in [-0.4, -0.2) is 26.2 Å². The Bertz CT molecular complexity index is 1890. The monoisotopic (exact) mass is 590 g/mol. The molecule has 0 fully saturated rings. The Morgan fingerprint density at radius 3 is 1.77 bits per heavy atom. The third-order valence-electron chi connectivity index (χ3n) is 7.04. The molecule has 0 heterocycles. The lowest BCUT2D eigenvalue weighted by Gasteiger charge is -2.13. The molecule has 0 aromatic heterocycles. The van der Waals surface area contributed by atoms with Crippen molar-refractivity contribution in [3.05, 3.63) is 160 Å². The first-order chi connectivity index (χ1) is 20.8. The highest BCUT2D eigenvalue weighted by Crippen LogP contribution is 2.28. The van der Waals surface area contributed by atoms with Crippen LogP contribution in [0, 0.1) is 0 Å². The van der Waals surface area contributed by atoms with Crippen molar-refractivity contribution < 1.29 is 22.4 Å². The Labute approximate surface area is 253 Å². The Morgan fingerprint density at radius 1 is 0.674 bits per heavy atom. The molecule has 0 aliphatic rings. The van der Waals surface area contributed by atoms with E-state index >= 15 is 0 Å². The van der Waals surface area contributed by atoms with E-state index in [-0.39, 0.29) is 4.90 Å². The van der Waals surface area contributed by atoms with Crippen molar-refractivity contribution in [1.82, 2.24) is 0 Å². The predicted octanol–water partition coefficient (Wildman–Crippen LogP) is 6.40. The molecule has 0 amide bonds. The van der Waals surface area contributed by atoms with Crippen molar-refractivity contribution in [2.45, 2.75) is 25.2 Å². The third kappa shape index (κ3) is 7.60. The predicted molar refractivity (Wildman–Crippen MR) is 172 cm³/mol. The molecule has 0 aliphatic heterocycles. The summed E-state index contributed by atoms with van der Waals surface area (Å²) < 4.78 is 45.9. The van der Waals surface area contributed by atoms with Crippen LogP contribution in [0.3, 0.4) is 0 Å². The van der Waals surface area contributed by atoms with Gasteiger partial charge in [0, 0.05) is 5.56 Å². The van der Waals surface area contributed by atoms with Crippen LogP contribution in [0.15, 0.2) is 126 Å². The highest BCUT2D eigenvalue weighted by Gasteiger charge is 2.19. The van der Waals surface area contributed by atoms with Crippen molar-refractivity contribution >= 4 is 21.8 Å². The summed E-state index contributed by atoms with van der Waals surface area (Å²) in [5.41, 5.74) is 5.32. The Kier molecular flexibility index (Phi) is 9.40. The van der Waals surface area contributed by atoms with E-state index in [9.17, 15) is 13.0 Å². The molecule has 43 heavy (non-hydrogen) atoms. The fraction of sp³-hybridized carbons (Fsp3) is 0.135. The molecule has 6 heteroatoms. The van der Waals surface area contributed by atoms with Gasteiger partial charge < -0.3 is 9.47 Å². The van der Waals surface area contributed by atoms with Crippen molar-refractivity contribution in [2.24, 2.45) is 0 Å². The van der Waals surface area contributed by atoms with Crippen LogP contribution in [0.5, 0.6) is 11.5 Å². The lowest BCUT2D eigenvalue weighted by molar-refractivity contribution is 0.340. The van der Waals surface area contributed by atoms with Crippen LogP contribution < -0.4 is 19.9 Å². The van der Waals surface area contributed by atoms with Gasteiger partial charge >= 0.3 is 0 Å². The van der Waals surface area contributed by atoms with Crippen LogP contribution in [0.2, 0.25) is 0 Å². The van der Waals surface area contributed by atoms with E-state index in [4.69, 9.17) is 9.47 Å². The van der Waals surface area contributed by atoms with Gasteiger partial charge in [-0.2, -0.15) is 8.42 Å². The maximum Gasteiger partial charge on any atom is 0.295 e. The van der Waals surface area contributed by atoms with Crippen LogP contribution in [0.25, 0.3) is 11.6 Å². The first kappa shape index (κ1) is 29.8. The molecule has 5 nitrogen and oxygen atoms in total. The van der Waals surface area contributed by atoms with Gasteiger partial charge in [0.05, 0.1) is 13.2 Å². The van der Waals surface area contributed by atoms with E-state index in [1.165, 1.54) is 6.07 Å². The molecular formula is C37H34O5S. The van der Waals surface area contributed by atoms with Crippen LogP contribution >= 0.6 is 0 Å². The molecule has 5 rings (SSSR count). The zero-order valence-corrected chi connectivity index (χ0v) is 25.1. The minimum absolute atomic E-state index is 0.131. The maximum absolute atomic E-state index is 12.4. The highest BCUT2D eigenvalue weighted by atomic mass is 32.2. The summed E-state index contributed by atoms with van der Waals surface area (Å²) in [4.78, 5) is -0.131. The van der Waals surface area contributed by atoms with Crippen molar-refractivity contribution in [3.63, 3.8) is 0 Å². The largest absolute Gasteiger partial charge is 0.494 e. The molecule has 0 aliphatic carbocycles. The third-order valence-corrected chi connectivity index (χ3v) is 7.96.